The lowest BCUT2D eigenvalue weighted by Gasteiger charge is -2.10. The first-order valence-electron chi connectivity index (χ1n) is 12.7. The summed E-state index contributed by atoms with van der Waals surface area (Å²) < 4.78 is 15.5. The number of aliphatic hydroxyl groups is 1. The van der Waals surface area contributed by atoms with Crippen LogP contribution in [-0.4, -0.2) is 64.3 Å². The number of hydrogen-bond acceptors (Lipinski definition) is 6. The molecule has 210 valence electrons. The van der Waals surface area contributed by atoms with E-state index in [4.69, 9.17) is 14.6 Å². The maximum atomic E-state index is 10.1. The third-order valence-electron chi connectivity index (χ3n) is 5.15. The monoisotopic (exact) mass is 529 g/mol. The van der Waals surface area contributed by atoms with E-state index in [0.717, 1.165) is 55.0 Å². The van der Waals surface area contributed by atoms with Gasteiger partial charge in [-0.1, -0.05) is 39.2 Å². The van der Waals surface area contributed by atoms with Gasteiger partial charge in [-0.25, -0.2) is 4.79 Å². The Balaban J connectivity index is 0.000000758. The first-order valence-corrected chi connectivity index (χ1v) is 12.7. The van der Waals surface area contributed by atoms with Crippen LogP contribution in [0.3, 0.4) is 0 Å². The Morgan fingerprint density at radius 2 is 1.63 bits per heavy atom. The van der Waals surface area contributed by atoms with E-state index in [1.807, 2.05) is 36.4 Å². The number of esters is 1. The molecule has 0 amide bonds. The van der Waals surface area contributed by atoms with Gasteiger partial charge in [-0.15, -0.1) is 0 Å². The summed E-state index contributed by atoms with van der Waals surface area (Å²) in [6, 6.07) is 13.8. The predicted octanol–water partition coefficient (Wildman–Crippen LogP) is 4.38. The largest absolute Gasteiger partial charge is 0.497 e. The Morgan fingerprint density at radius 1 is 1.00 bits per heavy atom. The summed E-state index contributed by atoms with van der Waals surface area (Å²) in [6.07, 6.45) is 9.82. The van der Waals surface area contributed by atoms with E-state index in [2.05, 4.69) is 49.9 Å². The van der Waals surface area contributed by atoms with E-state index in [9.17, 15) is 9.59 Å². The molecule has 38 heavy (non-hydrogen) atoms. The van der Waals surface area contributed by atoms with Gasteiger partial charge in [0.25, 0.3) is 0 Å². The fraction of sp³-hybridized carbons (Fsp3) is 0.400. The number of H-pyrrole nitrogens is 1. The van der Waals surface area contributed by atoms with Crippen molar-refractivity contribution >= 4 is 23.2 Å². The summed E-state index contributed by atoms with van der Waals surface area (Å²) in [5.74, 6) is 2.00. The van der Waals surface area contributed by atoms with Crippen molar-refractivity contribution in [2.24, 2.45) is 0 Å². The first kappa shape index (κ1) is 34.4. The number of fused-ring (bicyclic) bond motifs is 1. The maximum Gasteiger partial charge on any atom is 0.330 e. The Morgan fingerprint density at radius 3 is 2.13 bits per heavy atom. The third kappa shape index (κ3) is 13.6. The van der Waals surface area contributed by atoms with Crippen molar-refractivity contribution in [2.45, 2.75) is 39.5 Å². The van der Waals surface area contributed by atoms with Crippen molar-refractivity contribution in [3.8, 4) is 17.2 Å². The van der Waals surface area contributed by atoms with Crippen LogP contribution in [0.25, 0.3) is 10.9 Å². The van der Waals surface area contributed by atoms with Crippen molar-refractivity contribution in [3.63, 3.8) is 0 Å². The standard InChI is InChI=1S/C19H22N2O2.C5H6O3.C5H12.CH4O/c1-21(2)12-11-14-13-20-17-5-4-6-18(19(14)17)23-16-9-7-15(22-3)8-10-16;1-8-5(7)3-2-4-6;1-3-5-4-2;1-2/h4-10,13,20H,11-12H2,1-3H3;2-4H,1H3;3-5H2,1-2H3;2H,1H3/p+1/b;3-2+;;. The van der Waals surface area contributed by atoms with Crippen molar-refractivity contribution in [1.29, 1.82) is 0 Å². The summed E-state index contributed by atoms with van der Waals surface area (Å²) in [4.78, 5) is 24.4. The number of methoxy groups -OCH3 is 2. The van der Waals surface area contributed by atoms with Gasteiger partial charge in [-0.05, 0) is 48.0 Å². The molecule has 8 nitrogen and oxygen atoms in total. The maximum absolute atomic E-state index is 10.1. The Labute approximate surface area is 227 Å². The number of benzene rings is 2. The van der Waals surface area contributed by atoms with Gasteiger partial charge >= 0.3 is 5.97 Å². The van der Waals surface area contributed by atoms with Crippen molar-refractivity contribution in [1.82, 2.24) is 4.98 Å². The van der Waals surface area contributed by atoms with Crippen LogP contribution in [0.1, 0.15) is 38.7 Å². The highest BCUT2D eigenvalue weighted by molar-refractivity contribution is 5.89. The number of aromatic amines is 1. The summed E-state index contributed by atoms with van der Waals surface area (Å²) >= 11 is 0. The molecular formula is C30H45N2O6+. The number of allylic oxidation sites excluding steroid dienone is 1. The number of aliphatic hydroxyl groups excluding tert-OH is 1. The Bertz CT molecular complexity index is 1060. The van der Waals surface area contributed by atoms with Gasteiger partial charge in [0.15, 0.2) is 0 Å². The molecule has 0 unspecified atom stereocenters. The third-order valence-corrected chi connectivity index (χ3v) is 5.15. The van der Waals surface area contributed by atoms with Gasteiger partial charge in [0.1, 0.15) is 23.5 Å². The summed E-state index contributed by atoms with van der Waals surface area (Å²) in [5, 5.41) is 8.17. The van der Waals surface area contributed by atoms with E-state index in [-0.39, 0.29) is 0 Å². The highest BCUT2D eigenvalue weighted by atomic mass is 16.5. The highest BCUT2D eigenvalue weighted by Crippen LogP contribution is 2.33. The number of hydrogen-bond donors (Lipinski definition) is 3. The number of quaternary nitrogens is 1. The molecule has 1 heterocycles. The van der Waals surface area contributed by atoms with Crippen LogP contribution in [0.4, 0.5) is 0 Å². The van der Waals surface area contributed by atoms with E-state index >= 15 is 0 Å². The molecule has 0 aliphatic rings. The first-order chi connectivity index (χ1) is 18.4. The van der Waals surface area contributed by atoms with Gasteiger partial charge in [0.2, 0.25) is 0 Å². The molecular weight excluding hydrogens is 484 g/mol. The number of rotatable bonds is 10. The molecule has 2 aromatic carbocycles. The highest BCUT2D eigenvalue weighted by Gasteiger charge is 2.11. The number of aromatic nitrogens is 1. The molecule has 0 atom stereocenters. The van der Waals surface area contributed by atoms with Crippen LogP contribution in [-0.2, 0) is 20.7 Å². The van der Waals surface area contributed by atoms with Crippen LogP contribution in [0, 0.1) is 0 Å². The molecule has 0 fully saturated rings. The average molecular weight is 530 g/mol. The molecule has 8 heteroatoms. The minimum Gasteiger partial charge on any atom is -0.497 e. The van der Waals surface area contributed by atoms with Crippen molar-refractivity contribution in [2.75, 3.05) is 42.0 Å². The van der Waals surface area contributed by atoms with Crippen LogP contribution >= 0.6 is 0 Å². The molecule has 0 radical (unpaired) electrons. The van der Waals surface area contributed by atoms with Crippen molar-refractivity contribution < 1.29 is 33.8 Å². The number of ether oxygens (including phenoxy) is 3. The zero-order chi connectivity index (χ0) is 28.8. The number of aldehydes is 1. The molecule has 1 aromatic heterocycles. The summed E-state index contributed by atoms with van der Waals surface area (Å²) in [5.41, 5.74) is 2.41. The minimum absolute atomic E-state index is 0.511. The average Bonchev–Trinajstić information content (AvgIpc) is 3.37. The number of likely N-dealkylation sites (N-methyl/N-ethyl adjacent to an activating group) is 1. The molecule has 0 saturated carbocycles. The fourth-order valence-corrected chi connectivity index (χ4v) is 3.20. The van der Waals surface area contributed by atoms with Crippen LogP contribution < -0.4 is 14.4 Å². The van der Waals surface area contributed by atoms with Crippen LogP contribution in [0.15, 0.2) is 60.8 Å². The molecule has 0 aliphatic carbocycles. The number of carbonyl (C=O) groups excluding carboxylic acids is 2. The number of nitrogens with one attached hydrogen (secondary N) is 2. The van der Waals surface area contributed by atoms with Gasteiger partial charge < -0.3 is 29.2 Å². The fourth-order valence-electron chi connectivity index (χ4n) is 3.20. The van der Waals surface area contributed by atoms with Crippen LogP contribution in [0.2, 0.25) is 0 Å². The second-order valence-electron chi connectivity index (χ2n) is 8.35. The molecule has 0 aliphatic heterocycles. The van der Waals surface area contributed by atoms with E-state index in [1.165, 1.54) is 42.2 Å². The predicted molar refractivity (Wildman–Crippen MR) is 153 cm³/mol. The van der Waals surface area contributed by atoms with E-state index < -0.39 is 5.97 Å². The molecule has 0 spiro atoms. The lowest BCUT2D eigenvalue weighted by molar-refractivity contribution is -0.858. The molecule has 0 bridgehead atoms. The normalized spacial score (nSPS) is 9.92. The molecule has 3 aromatic rings. The molecule has 3 rings (SSSR count). The second kappa shape index (κ2) is 21.5. The second-order valence-corrected chi connectivity index (χ2v) is 8.35. The number of unbranched alkanes of at least 4 members (excludes halogenated alkanes) is 2. The summed E-state index contributed by atoms with van der Waals surface area (Å²) in [7, 11) is 8.25. The lowest BCUT2D eigenvalue weighted by atomic mass is 10.1. The Kier molecular flexibility index (Phi) is 19.4. The smallest absolute Gasteiger partial charge is 0.330 e. The zero-order valence-corrected chi connectivity index (χ0v) is 23.9. The number of carbonyl (C=O) groups is 2. The van der Waals surface area contributed by atoms with Gasteiger partial charge in [0, 0.05) is 36.7 Å². The molecule has 3 N–H and O–H groups in total. The van der Waals surface area contributed by atoms with Crippen LogP contribution in [0.5, 0.6) is 17.2 Å². The van der Waals surface area contributed by atoms with Gasteiger partial charge in [0.05, 0.1) is 34.9 Å². The lowest BCUT2D eigenvalue weighted by Crippen LogP contribution is -3.05. The SMILES string of the molecule is CCCCC.CO.COC(=O)/C=C/C=O.COc1ccc(Oc2cccc3[nH]cc(CC[NH+](C)C)c23)cc1. The van der Waals surface area contributed by atoms with Gasteiger partial charge in [-0.3, -0.25) is 4.79 Å². The summed E-state index contributed by atoms with van der Waals surface area (Å²) in [6.45, 7) is 5.51. The topological polar surface area (TPSA) is 102 Å². The minimum atomic E-state index is -0.517. The zero-order valence-electron chi connectivity index (χ0n) is 23.9. The molecule has 0 saturated heterocycles. The van der Waals surface area contributed by atoms with E-state index in [0.29, 0.717) is 6.29 Å². The van der Waals surface area contributed by atoms with E-state index in [1.54, 1.807) is 7.11 Å². The quantitative estimate of drug-likeness (QED) is 0.205. The Hall–Kier alpha value is -3.62. The van der Waals surface area contributed by atoms with Gasteiger partial charge in [-0.2, -0.15) is 0 Å². The van der Waals surface area contributed by atoms with Crippen molar-refractivity contribution in [3.05, 3.63) is 66.4 Å².